The highest BCUT2D eigenvalue weighted by atomic mass is 16.5. The molecule has 0 aliphatic heterocycles. The maximum Gasteiger partial charge on any atom is 0.325 e. The van der Waals surface area contributed by atoms with Crippen LogP contribution in [0.3, 0.4) is 0 Å². The van der Waals surface area contributed by atoms with Crippen LogP contribution in [0.1, 0.15) is 46.0 Å². The van der Waals surface area contributed by atoms with Crippen molar-refractivity contribution in [3.05, 3.63) is 0 Å². The van der Waals surface area contributed by atoms with Gasteiger partial charge >= 0.3 is 18.0 Å². The van der Waals surface area contributed by atoms with E-state index < -0.39 is 11.9 Å². The number of carboxylic acid groups (broad SMARTS) is 1. The van der Waals surface area contributed by atoms with E-state index in [0.717, 1.165) is 19.3 Å². The van der Waals surface area contributed by atoms with Gasteiger partial charge in [-0.05, 0) is 26.7 Å². The highest BCUT2D eigenvalue weighted by molar-refractivity contribution is 5.80. The maximum absolute atomic E-state index is 11.8. The summed E-state index contributed by atoms with van der Waals surface area (Å²) in [7, 11) is 0. The van der Waals surface area contributed by atoms with Gasteiger partial charge in [-0.15, -0.1) is 0 Å². The van der Waals surface area contributed by atoms with Gasteiger partial charge < -0.3 is 20.1 Å². The van der Waals surface area contributed by atoms with Crippen LogP contribution in [0.5, 0.6) is 0 Å². The number of likely N-dealkylation sites (N-methyl/N-ethyl adjacent to an activating group) is 1. The molecule has 0 saturated heterocycles. The van der Waals surface area contributed by atoms with Crippen LogP contribution in [0.2, 0.25) is 0 Å². The van der Waals surface area contributed by atoms with E-state index in [4.69, 9.17) is 9.84 Å². The molecule has 7 heteroatoms. The Labute approximate surface area is 125 Å². The van der Waals surface area contributed by atoms with Gasteiger partial charge in [0.15, 0.2) is 0 Å². The Hall–Kier alpha value is -1.79. The standard InChI is InChI=1S/C14H26N2O5/c1-3-16(11-13(19)21-4-2)14(20)15-10-8-6-5-7-9-12(17)18/h3-11H2,1-2H3,(H,15,20)(H,17,18). The predicted octanol–water partition coefficient (Wildman–Crippen LogP) is 1.62. The van der Waals surface area contributed by atoms with E-state index in [1.54, 1.807) is 13.8 Å². The molecule has 0 fully saturated rings. The van der Waals surface area contributed by atoms with Crippen molar-refractivity contribution in [1.82, 2.24) is 10.2 Å². The predicted molar refractivity (Wildman–Crippen MR) is 78.0 cm³/mol. The third-order valence-electron chi connectivity index (χ3n) is 2.89. The summed E-state index contributed by atoms with van der Waals surface area (Å²) in [5, 5.41) is 11.2. The van der Waals surface area contributed by atoms with Crippen LogP contribution in [-0.2, 0) is 14.3 Å². The first-order valence-electron chi connectivity index (χ1n) is 7.41. The Morgan fingerprint density at radius 1 is 1.10 bits per heavy atom. The molecule has 0 aromatic rings. The van der Waals surface area contributed by atoms with Crippen molar-refractivity contribution in [2.24, 2.45) is 0 Å². The molecule has 0 aliphatic rings. The molecule has 122 valence electrons. The van der Waals surface area contributed by atoms with Crippen LogP contribution in [-0.4, -0.2) is 54.2 Å². The Balaban J connectivity index is 3.75. The lowest BCUT2D eigenvalue weighted by Gasteiger charge is -2.20. The summed E-state index contributed by atoms with van der Waals surface area (Å²) in [6.45, 7) is 4.72. The minimum Gasteiger partial charge on any atom is -0.481 e. The number of aliphatic carboxylic acids is 1. The average molecular weight is 302 g/mol. The molecule has 0 bridgehead atoms. The van der Waals surface area contributed by atoms with Crippen LogP contribution in [0.25, 0.3) is 0 Å². The van der Waals surface area contributed by atoms with Crippen LogP contribution in [0.15, 0.2) is 0 Å². The molecule has 0 aromatic carbocycles. The molecule has 0 heterocycles. The summed E-state index contributed by atoms with van der Waals surface area (Å²) in [5.41, 5.74) is 0. The Morgan fingerprint density at radius 3 is 2.33 bits per heavy atom. The van der Waals surface area contributed by atoms with Crippen molar-refractivity contribution in [2.75, 3.05) is 26.2 Å². The Morgan fingerprint density at radius 2 is 1.76 bits per heavy atom. The van der Waals surface area contributed by atoms with Gasteiger partial charge in [0.2, 0.25) is 0 Å². The molecule has 7 nitrogen and oxygen atoms in total. The van der Waals surface area contributed by atoms with Crippen molar-refractivity contribution in [2.45, 2.75) is 46.0 Å². The van der Waals surface area contributed by atoms with Crippen molar-refractivity contribution in [3.63, 3.8) is 0 Å². The van der Waals surface area contributed by atoms with Crippen molar-refractivity contribution in [3.8, 4) is 0 Å². The van der Waals surface area contributed by atoms with E-state index in [1.165, 1.54) is 4.90 Å². The van der Waals surface area contributed by atoms with Gasteiger partial charge in [-0.2, -0.15) is 0 Å². The molecule has 0 rings (SSSR count). The van der Waals surface area contributed by atoms with Crippen LogP contribution in [0, 0.1) is 0 Å². The summed E-state index contributed by atoms with van der Waals surface area (Å²) < 4.78 is 4.81. The maximum atomic E-state index is 11.8. The number of carboxylic acids is 1. The molecule has 0 radical (unpaired) electrons. The van der Waals surface area contributed by atoms with E-state index in [1.807, 2.05) is 0 Å². The number of ether oxygens (including phenoxy) is 1. The zero-order chi connectivity index (χ0) is 16.1. The molecule has 0 saturated carbocycles. The lowest BCUT2D eigenvalue weighted by Crippen LogP contribution is -2.43. The van der Waals surface area contributed by atoms with E-state index >= 15 is 0 Å². The average Bonchev–Trinajstić information content (AvgIpc) is 2.43. The summed E-state index contributed by atoms with van der Waals surface area (Å²) in [4.78, 5) is 34.9. The number of esters is 1. The zero-order valence-corrected chi connectivity index (χ0v) is 12.9. The molecule has 2 N–H and O–H groups in total. The SMILES string of the molecule is CCOC(=O)CN(CC)C(=O)NCCCCCCC(=O)O. The number of nitrogens with zero attached hydrogens (tertiary/aromatic N) is 1. The van der Waals surface area contributed by atoms with Gasteiger partial charge in [-0.25, -0.2) is 4.79 Å². The van der Waals surface area contributed by atoms with E-state index in [-0.39, 0.29) is 19.0 Å². The van der Waals surface area contributed by atoms with Crippen molar-refractivity contribution in [1.29, 1.82) is 0 Å². The first-order chi connectivity index (χ1) is 10.0. The number of carbonyl (C=O) groups is 3. The van der Waals surface area contributed by atoms with Gasteiger partial charge in [-0.1, -0.05) is 12.8 Å². The van der Waals surface area contributed by atoms with E-state index in [0.29, 0.717) is 26.1 Å². The summed E-state index contributed by atoms with van der Waals surface area (Å²) in [6, 6.07) is -0.281. The minimum absolute atomic E-state index is 0.0468. The van der Waals surface area contributed by atoms with Crippen LogP contribution >= 0.6 is 0 Å². The third kappa shape index (κ3) is 10.6. The molecular weight excluding hydrogens is 276 g/mol. The van der Waals surface area contributed by atoms with Crippen molar-refractivity contribution >= 4 is 18.0 Å². The molecule has 0 spiro atoms. The van der Waals surface area contributed by atoms with Crippen molar-refractivity contribution < 1.29 is 24.2 Å². The Bertz CT molecular complexity index is 333. The molecular formula is C14H26N2O5. The Kier molecular flexibility index (Phi) is 11.0. The van der Waals surface area contributed by atoms with E-state index in [2.05, 4.69) is 5.32 Å². The topological polar surface area (TPSA) is 95.9 Å². The number of hydrogen-bond donors (Lipinski definition) is 2. The van der Waals surface area contributed by atoms with Gasteiger partial charge in [0.25, 0.3) is 0 Å². The van der Waals surface area contributed by atoms with Gasteiger partial charge in [0, 0.05) is 19.5 Å². The molecule has 0 unspecified atom stereocenters. The minimum atomic E-state index is -0.777. The number of unbranched alkanes of at least 4 members (excludes halogenated alkanes) is 3. The fraction of sp³-hybridized carbons (Fsp3) is 0.786. The summed E-state index contributed by atoms with van der Waals surface area (Å²) >= 11 is 0. The fourth-order valence-electron chi connectivity index (χ4n) is 1.75. The molecule has 0 atom stereocenters. The highest BCUT2D eigenvalue weighted by Gasteiger charge is 2.15. The largest absolute Gasteiger partial charge is 0.481 e. The number of carbonyl (C=O) groups excluding carboxylic acids is 2. The quantitative estimate of drug-likeness (QED) is 0.446. The number of hydrogen-bond acceptors (Lipinski definition) is 4. The fourth-order valence-corrected chi connectivity index (χ4v) is 1.75. The summed E-state index contributed by atoms with van der Waals surface area (Å²) in [5.74, 6) is -1.19. The molecule has 0 aliphatic carbocycles. The third-order valence-corrected chi connectivity index (χ3v) is 2.89. The normalized spacial score (nSPS) is 10.0. The molecule has 0 aromatic heterocycles. The van der Waals surface area contributed by atoms with E-state index in [9.17, 15) is 14.4 Å². The monoisotopic (exact) mass is 302 g/mol. The second-order valence-electron chi connectivity index (χ2n) is 4.61. The summed E-state index contributed by atoms with van der Waals surface area (Å²) in [6.07, 6.45) is 3.35. The van der Waals surface area contributed by atoms with Gasteiger partial charge in [0.05, 0.1) is 6.61 Å². The number of amides is 2. The van der Waals surface area contributed by atoms with Gasteiger partial charge in [-0.3, -0.25) is 9.59 Å². The zero-order valence-electron chi connectivity index (χ0n) is 12.9. The highest BCUT2D eigenvalue weighted by Crippen LogP contribution is 2.02. The first-order valence-corrected chi connectivity index (χ1v) is 7.41. The second kappa shape index (κ2) is 12.0. The number of urea groups is 1. The lowest BCUT2D eigenvalue weighted by molar-refractivity contribution is -0.143. The van der Waals surface area contributed by atoms with Crippen LogP contribution < -0.4 is 5.32 Å². The smallest absolute Gasteiger partial charge is 0.325 e. The lowest BCUT2D eigenvalue weighted by atomic mass is 10.1. The number of rotatable bonds is 11. The first kappa shape index (κ1) is 19.2. The van der Waals surface area contributed by atoms with Crippen LogP contribution in [0.4, 0.5) is 4.79 Å². The van der Waals surface area contributed by atoms with Gasteiger partial charge in [0.1, 0.15) is 6.54 Å². The number of nitrogens with one attached hydrogen (secondary N) is 1. The molecule has 21 heavy (non-hydrogen) atoms. The second-order valence-corrected chi connectivity index (χ2v) is 4.61. The molecule has 2 amide bonds.